The molecule has 0 bridgehead atoms. The summed E-state index contributed by atoms with van der Waals surface area (Å²) in [6, 6.07) is 11.2. The Labute approximate surface area is 169 Å². The molecule has 1 heterocycles. The molecular weight excluding hydrogens is 411 g/mol. The number of aromatic nitrogens is 1. The number of benzene rings is 2. The van der Waals surface area contributed by atoms with Gasteiger partial charge in [0.05, 0.1) is 16.8 Å². The van der Waals surface area contributed by atoms with Crippen LogP contribution in [-0.4, -0.2) is 23.8 Å². The molecule has 0 fully saturated rings. The topological polar surface area (TPSA) is 51.2 Å². The van der Waals surface area contributed by atoms with Gasteiger partial charge in [-0.05, 0) is 48.6 Å². The maximum absolute atomic E-state index is 12.1. The van der Waals surface area contributed by atoms with Crippen molar-refractivity contribution in [3.05, 3.63) is 46.4 Å². The Hall–Kier alpha value is -1.47. The number of hydrogen-bond acceptors (Lipinski definition) is 5. The summed E-state index contributed by atoms with van der Waals surface area (Å²) >= 11 is 15.1. The first-order valence-corrected chi connectivity index (χ1v) is 10.4. The van der Waals surface area contributed by atoms with Gasteiger partial charge in [0, 0.05) is 16.3 Å². The van der Waals surface area contributed by atoms with E-state index < -0.39 is 0 Å². The van der Waals surface area contributed by atoms with Crippen LogP contribution in [0.15, 0.2) is 41.3 Å². The minimum Gasteiger partial charge on any atom is -0.494 e. The van der Waals surface area contributed by atoms with Crippen LogP contribution in [0.25, 0.3) is 10.2 Å². The number of anilines is 1. The molecule has 136 valence electrons. The minimum absolute atomic E-state index is 0.0594. The third-order valence-corrected chi connectivity index (χ3v) is 6.34. The van der Waals surface area contributed by atoms with E-state index in [0.29, 0.717) is 27.8 Å². The molecule has 0 aliphatic carbocycles. The number of halogens is 2. The molecule has 4 nitrogen and oxygen atoms in total. The predicted octanol–water partition coefficient (Wildman–Crippen LogP) is 6.12. The van der Waals surface area contributed by atoms with Gasteiger partial charge in [-0.1, -0.05) is 34.5 Å². The fraction of sp³-hybridized carbons (Fsp3) is 0.222. The van der Waals surface area contributed by atoms with Crippen molar-refractivity contribution in [2.75, 3.05) is 18.2 Å². The van der Waals surface area contributed by atoms with Gasteiger partial charge < -0.3 is 10.1 Å². The van der Waals surface area contributed by atoms with E-state index in [1.807, 2.05) is 24.3 Å². The Morgan fingerprint density at radius 1 is 1.23 bits per heavy atom. The number of carbonyl (C=O) groups is 1. The zero-order valence-corrected chi connectivity index (χ0v) is 17.1. The quantitative estimate of drug-likeness (QED) is 0.364. The van der Waals surface area contributed by atoms with Crippen molar-refractivity contribution in [1.82, 2.24) is 4.98 Å². The van der Waals surface area contributed by atoms with E-state index in [2.05, 4.69) is 10.3 Å². The molecule has 0 aliphatic heterocycles. The Bertz CT molecular complexity index is 913. The van der Waals surface area contributed by atoms with Gasteiger partial charge in [0.15, 0.2) is 5.13 Å². The first-order chi connectivity index (χ1) is 12.6. The molecule has 0 aliphatic rings. The molecule has 0 radical (unpaired) electrons. The summed E-state index contributed by atoms with van der Waals surface area (Å²) in [6.07, 6.45) is 1.20. The normalized spacial score (nSPS) is 10.9. The largest absolute Gasteiger partial charge is 0.494 e. The number of rotatable bonds is 7. The molecule has 3 rings (SSSR count). The highest BCUT2D eigenvalue weighted by atomic mass is 35.5. The number of methoxy groups -OCH3 is 1. The number of hydrogen-bond donors (Lipinski definition) is 1. The van der Waals surface area contributed by atoms with Crippen molar-refractivity contribution >= 4 is 67.6 Å². The predicted molar refractivity (Wildman–Crippen MR) is 111 cm³/mol. The fourth-order valence-electron chi connectivity index (χ4n) is 2.31. The van der Waals surface area contributed by atoms with Crippen molar-refractivity contribution in [1.29, 1.82) is 0 Å². The Kier molecular flexibility index (Phi) is 6.64. The SMILES string of the molecule is COc1ccc(Cl)c2sc(NC(=O)CCCSc3ccc(Cl)cc3)nc12. The average Bonchev–Trinajstić information content (AvgIpc) is 3.05. The summed E-state index contributed by atoms with van der Waals surface area (Å²) in [6.45, 7) is 0. The fourth-order valence-corrected chi connectivity index (χ4v) is 4.46. The number of ether oxygens (including phenoxy) is 1. The number of fused-ring (bicyclic) bond motifs is 1. The van der Waals surface area contributed by atoms with Gasteiger partial charge in [-0.25, -0.2) is 4.98 Å². The second-order valence-electron chi connectivity index (χ2n) is 5.40. The number of amides is 1. The summed E-state index contributed by atoms with van der Waals surface area (Å²) in [5.74, 6) is 1.44. The van der Waals surface area contributed by atoms with E-state index in [1.54, 1.807) is 31.0 Å². The first kappa shape index (κ1) is 19.3. The monoisotopic (exact) mass is 426 g/mol. The highest BCUT2D eigenvalue weighted by Gasteiger charge is 2.13. The van der Waals surface area contributed by atoms with Gasteiger partial charge in [0.1, 0.15) is 11.3 Å². The van der Waals surface area contributed by atoms with Gasteiger partial charge in [0.25, 0.3) is 0 Å². The maximum Gasteiger partial charge on any atom is 0.226 e. The van der Waals surface area contributed by atoms with Crippen molar-refractivity contribution in [3.63, 3.8) is 0 Å². The van der Waals surface area contributed by atoms with Crippen LogP contribution in [0, 0.1) is 0 Å². The van der Waals surface area contributed by atoms with E-state index in [-0.39, 0.29) is 5.91 Å². The van der Waals surface area contributed by atoms with Gasteiger partial charge in [0.2, 0.25) is 5.91 Å². The highest BCUT2D eigenvalue weighted by molar-refractivity contribution is 7.99. The molecule has 1 aromatic heterocycles. The first-order valence-electron chi connectivity index (χ1n) is 7.88. The molecule has 2 aromatic carbocycles. The summed E-state index contributed by atoms with van der Waals surface area (Å²) in [7, 11) is 1.58. The van der Waals surface area contributed by atoms with Crippen LogP contribution in [0.1, 0.15) is 12.8 Å². The molecule has 0 saturated heterocycles. The molecular formula is C18H16Cl2N2O2S2. The lowest BCUT2D eigenvalue weighted by Gasteiger charge is -2.03. The Balaban J connectivity index is 1.52. The summed E-state index contributed by atoms with van der Waals surface area (Å²) in [5, 5.41) is 4.69. The van der Waals surface area contributed by atoms with Gasteiger partial charge >= 0.3 is 0 Å². The van der Waals surface area contributed by atoms with E-state index in [0.717, 1.165) is 26.8 Å². The van der Waals surface area contributed by atoms with Crippen LogP contribution in [-0.2, 0) is 4.79 Å². The Morgan fingerprint density at radius 3 is 2.73 bits per heavy atom. The number of thioether (sulfide) groups is 1. The van der Waals surface area contributed by atoms with E-state index in [4.69, 9.17) is 27.9 Å². The van der Waals surface area contributed by atoms with Gasteiger partial charge in [-0.3, -0.25) is 4.79 Å². The average molecular weight is 427 g/mol. The Morgan fingerprint density at radius 2 is 2.00 bits per heavy atom. The molecule has 0 saturated carbocycles. The number of nitrogens with one attached hydrogen (secondary N) is 1. The summed E-state index contributed by atoms with van der Waals surface area (Å²) < 4.78 is 6.10. The zero-order chi connectivity index (χ0) is 18.5. The highest BCUT2D eigenvalue weighted by Crippen LogP contribution is 2.37. The minimum atomic E-state index is -0.0594. The molecule has 1 amide bonds. The standard InChI is InChI=1S/C18H16Cl2N2O2S2/c1-24-14-9-8-13(20)17-16(14)22-18(26-17)21-15(23)3-2-10-25-12-6-4-11(19)5-7-12/h4-9H,2-3,10H2,1H3,(H,21,22,23). The molecule has 0 unspecified atom stereocenters. The van der Waals surface area contributed by atoms with Crippen LogP contribution in [0.4, 0.5) is 5.13 Å². The molecule has 26 heavy (non-hydrogen) atoms. The maximum atomic E-state index is 12.1. The molecule has 3 aromatic rings. The van der Waals surface area contributed by atoms with E-state index in [1.165, 1.54) is 11.3 Å². The van der Waals surface area contributed by atoms with Crippen LogP contribution >= 0.6 is 46.3 Å². The molecule has 0 spiro atoms. The van der Waals surface area contributed by atoms with Gasteiger partial charge in [-0.2, -0.15) is 0 Å². The van der Waals surface area contributed by atoms with Gasteiger partial charge in [-0.15, -0.1) is 11.8 Å². The van der Waals surface area contributed by atoms with Crippen molar-refractivity contribution < 1.29 is 9.53 Å². The lowest BCUT2D eigenvalue weighted by molar-refractivity contribution is -0.116. The van der Waals surface area contributed by atoms with E-state index >= 15 is 0 Å². The summed E-state index contributed by atoms with van der Waals surface area (Å²) in [4.78, 5) is 17.7. The third kappa shape index (κ3) is 4.82. The molecule has 8 heteroatoms. The molecule has 0 atom stereocenters. The second-order valence-corrected chi connectivity index (χ2v) is 8.41. The smallest absolute Gasteiger partial charge is 0.226 e. The number of thiazole rings is 1. The van der Waals surface area contributed by atoms with Crippen LogP contribution in [0.2, 0.25) is 10.0 Å². The lowest BCUT2D eigenvalue weighted by atomic mass is 10.3. The van der Waals surface area contributed by atoms with Crippen molar-refractivity contribution in [2.45, 2.75) is 17.7 Å². The third-order valence-electron chi connectivity index (χ3n) is 3.56. The summed E-state index contributed by atoms with van der Waals surface area (Å²) in [5.41, 5.74) is 0.665. The van der Waals surface area contributed by atoms with E-state index in [9.17, 15) is 4.79 Å². The van der Waals surface area contributed by atoms with Crippen molar-refractivity contribution in [2.24, 2.45) is 0 Å². The lowest BCUT2D eigenvalue weighted by Crippen LogP contribution is -2.11. The second kappa shape index (κ2) is 8.95. The molecule has 1 N–H and O–H groups in total. The van der Waals surface area contributed by atoms with Crippen LogP contribution in [0.3, 0.4) is 0 Å². The van der Waals surface area contributed by atoms with Crippen LogP contribution in [0.5, 0.6) is 5.75 Å². The number of nitrogens with zero attached hydrogens (tertiary/aromatic N) is 1. The number of carbonyl (C=O) groups excluding carboxylic acids is 1. The van der Waals surface area contributed by atoms with Crippen LogP contribution < -0.4 is 10.1 Å². The zero-order valence-electron chi connectivity index (χ0n) is 13.9. The van der Waals surface area contributed by atoms with Crippen molar-refractivity contribution in [3.8, 4) is 5.75 Å².